The lowest BCUT2D eigenvalue weighted by Gasteiger charge is -2.31. The molecule has 2 heterocycles. The fourth-order valence-electron chi connectivity index (χ4n) is 2.59. The SMILES string of the molecule is c1ncn(CC2COC3(CCCCC3)O2)n1. The molecule has 1 aromatic rings. The largest absolute Gasteiger partial charge is 0.347 e. The summed E-state index contributed by atoms with van der Waals surface area (Å²) in [7, 11) is 0. The third kappa shape index (κ3) is 1.97. The summed E-state index contributed by atoms with van der Waals surface area (Å²) < 4.78 is 13.7. The minimum Gasteiger partial charge on any atom is -0.347 e. The molecule has 1 unspecified atom stereocenters. The van der Waals surface area contributed by atoms with Crippen LogP contribution in [0.5, 0.6) is 0 Å². The van der Waals surface area contributed by atoms with E-state index in [1.165, 1.54) is 19.3 Å². The number of nitrogens with zero attached hydrogens (tertiary/aromatic N) is 3. The van der Waals surface area contributed by atoms with Crippen LogP contribution in [0.25, 0.3) is 0 Å². The van der Waals surface area contributed by atoms with E-state index in [2.05, 4.69) is 10.1 Å². The monoisotopic (exact) mass is 223 g/mol. The maximum absolute atomic E-state index is 6.05. The summed E-state index contributed by atoms with van der Waals surface area (Å²) >= 11 is 0. The van der Waals surface area contributed by atoms with Gasteiger partial charge in [0.2, 0.25) is 0 Å². The van der Waals surface area contributed by atoms with Crippen LogP contribution in [-0.4, -0.2) is 33.3 Å². The zero-order valence-corrected chi connectivity index (χ0v) is 9.34. The van der Waals surface area contributed by atoms with Crippen LogP contribution < -0.4 is 0 Å². The maximum Gasteiger partial charge on any atom is 0.168 e. The number of hydrogen-bond donors (Lipinski definition) is 0. The summed E-state index contributed by atoms with van der Waals surface area (Å²) in [5.41, 5.74) is 0. The number of ether oxygens (including phenoxy) is 2. The van der Waals surface area contributed by atoms with Crippen molar-refractivity contribution in [2.24, 2.45) is 0 Å². The molecule has 16 heavy (non-hydrogen) atoms. The summed E-state index contributed by atoms with van der Waals surface area (Å²) in [5.74, 6) is -0.274. The highest BCUT2D eigenvalue weighted by atomic mass is 16.7. The van der Waals surface area contributed by atoms with Crippen LogP contribution in [0.2, 0.25) is 0 Å². The van der Waals surface area contributed by atoms with Crippen LogP contribution in [0.3, 0.4) is 0 Å². The number of aromatic nitrogens is 3. The summed E-state index contributed by atoms with van der Waals surface area (Å²) in [6.45, 7) is 1.42. The van der Waals surface area contributed by atoms with Crippen LogP contribution in [0, 0.1) is 0 Å². The third-order valence-corrected chi connectivity index (χ3v) is 3.39. The van der Waals surface area contributed by atoms with Gasteiger partial charge in [-0.2, -0.15) is 5.10 Å². The van der Waals surface area contributed by atoms with Crippen molar-refractivity contribution in [1.82, 2.24) is 14.8 Å². The molecule has 0 radical (unpaired) electrons. The first-order valence-corrected chi connectivity index (χ1v) is 6.01. The van der Waals surface area contributed by atoms with E-state index in [0.717, 1.165) is 19.4 Å². The lowest BCUT2D eigenvalue weighted by Crippen LogP contribution is -2.33. The Hall–Kier alpha value is -0.940. The van der Waals surface area contributed by atoms with Crippen molar-refractivity contribution >= 4 is 0 Å². The average molecular weight is 223 g/mol. The first-order chi connectivity index (χ1) is 7.86. The Labute approximate surface area is 94.8 Å². The molecule has 1 atom stereocenters. The van der Waals surface area contributed by atoms with Gasteiger partial charge in [0.1, 0.15) is 18.8 Å². The second kappa shape index (κ2) is 4.14. The Morgan fingerprint density at radius 2 is 2.19 bits per heavy atom. The Kier molecular flexibility index (Phi) is 2.65. The van der Waals surface area contributed by atoms with Crippen LogP contribution in [0.4, 0.5) is 0 Å². The van der Waals surface area contributed by atoms with Crippen molar-refractivity contribution in [3.05, 3.63) is 12.7 Å². The predicted molar refractivity (Wildman–Crippen MR) is 56.7 cm³/mol. The van der Waals surface area contributed by atoms with E-state index in [9.17, 15) is 0 Å². The highest BCUT2D eigenvalue weighted by Gasteiger charge is 2.42. The Morgan fingerprint density at radius 1 is 1.31 bits per heavy atom. The Balaban J connectivity index is 1.60. The molecular formula is C11H17N3O2. The summed E-state index contributed by atoms with van der Waals surface area (Å²) in [4.78, 5) is 3.92. The Bertz CT molecular complexity index is 333. The van der Waals surface area contributed by atoms with E-state index in [1.54, 1.807) is 17.3 Å². The zero-order chi connectivity index (χ0) is 10.8. The van der Waals surface area contributed by atoms with Gasteiger partial charge in [0.25, 0.3) is 0 Å². The lowest BCUT2D eigenvalue weighted by molar-refractivity contribution is -0.188. The standard InChI is InChI=1S/C11H17N3O2/c1-2-4-11(5-3-1)15-7-10(16-11)6-14-9-12-8-13-14/h8-10H,1-7H2. The van der Waals surface area contributed by atoms with E-state index >= 15 is 0 Å². The smallest absolute Gasteiger partial charge is 0.168 e. The molecule has 5 nitrogen and oxygen atoms in total. The summed E-state index contributed by atoms with van der Waals surface area (Å²) in [6, 6.07) is 0. The van der Waals surface area contributed by atoms with Gasteiger partial charge in [0.15, 0.2) is 5.79 Å². The van der Waals surface area contributed by atoms with Crippen LogP contribution in [0.15, 0.2) is 12.7 Å². The maximum atomic E-state index is 6.05. The molecule has 1 aliphatic carbocycles. The molecule has 0 aromatic carbocycles. The molecule has 1 aromatic heterocycles. The molecule has 0 N–H and O–H groups in total. The van der Waals surface area contributed by atoms with Gasteiger partial charge in [-0.05, 0) is 12.8 Å². The molecule has 5 heteroatoms. The van der Waals surface area contributed by atoms with Crippen LogP contribution in [0.1, 0.15) is 32.1 Å². The van der Waals surface area contributed by atoms with Gasteiger partial charge >= 0.3 is 0 Å². The topological polar surface area (TPSA) is 49.2 Å². The number of hydrogen-bond acceptors (Lipinski definition) is 4. The molecule has 3 rings (SSSR count). The molecule has 1 aliphatic heterocycles. The number of rotatable bonds is 2. The Morgan fingerprint density at radius 3 is 2.94 bits per heavy atom. The van der Waals surface area contributed by atoms with Gasteiger partial charge in [0.05, 0.1) is 13.2 Å². The third-order valence-electron chi connectivity index (χ3n) is 3.39. The summed E-state index contributed by atoms with van der Waals surface area (Å²) in [6.07, 6.45) is 9.22. The first-order valence-electron chi connectivity index (χ1n) is 6.01. The second-order valence-corrected chi connectivity index (χ2v) is 4.64. The molecule has 0 bridgehead atoms. The van der Waals surface area contributed by atoms with Gasteiger partial charge in [0, 0.05) is 12.8 Å². The van der Waals surface area contributed by atoms with E-state index in [4.69, 9.17) is 9.47 Å². The molecule has 88 valence electrons. The van der Waals surface area contributed by atoms with Gasteiger partial charge < -0.3 is 9.47 Å². The van der Waals surface area contributed by atoms with E-state index in [-0.39, 0.29) is 11.9 Å². The van der Waals surface area contributed by atoms with Crippen molar-refractivity contribution in [3.8, 4) is 0 Å². The normalized spacial score (nSPS) is 28.6. The first kappa shape index (κ1) is 10.2. The van der Waals surface area contributed by atoms with Crippen molar-refractivity contribution in [2.75, 3.05) is 6.61 Å². The van der Waals surface area contributed by atoms with Gasteiger partial charge in [-0.3, -0.25) is 4.68 Å². The quantitative estimate of drug-likeness (QED) is 0.759. The van der Waals surface area contributed by atoms with Crippen LogP contribution in [-0.2, 0) is 16.0 Å². The zero-order valence-electron chi connectivity index (χ0n) is 9.34. The van der Waals surface area contributed by atoms with Crippen molar-refractivity contribution in [2.45, 2.75) is 50.5 Å². The van der Waals surface area contributed by atoms with Crippen molar-refractivity contribution < 1.29 is 9.47 Å². The second-order valence-electron chi connectivity index (χ2n) is 4.64. The molecule has 1 spiro atoms. The van der Waals surface area contributed by atoms with E-state index in [0.29, 0.717) is 6.61 Å². The molecule has 0 amide bonds. The molecule has 2 aliphatic rings. The molecule has 2 fully saturated rings. The van der Waals surface area contributed by atoms with Crippen molar-refractivity contribution in [1.29, 1.82) is 0 Å². The summed E-state index contributed by atoms with van der Waals surface area (Å²) in [5, 5.41) is 4.08. The highest BCUT2D eigenvalue weighted by Crippen LogP contribution is 2.37. The lowest BCUT2D eigenvalue weighted by atomic mass is 9.94. The van der Waals surface area contributed by atoms with Crippen LogP contribution >= 0.6 is 0 Å². The van der Waals surface area contributed by atoms with Crippen molar-refractivity contribution in [3.63, 3.8) is 0 Å². The van der Waals surface area contributed by atoms with Gasteiger partial charge in [-0.1, -0.05) is 6.42 Å². The van der Waals surface area contributed by atoms with E-state index < -0.39 is 0 Å². The van der Waals surface area contributed by atoms with Gasteiger partial charge in [-0.25, -0.2) is 4.98 Å². The molecule has 1 saturated heterocycles. The van der Waals surface area contributed by atoms with Gasteiger partial charge in [-0.15, -0.1) is 0 Å². The predicted octanol–water partition coefficient (Wildman–Crippen LogP) is 1.35. The molecule has 1 saturated carbocycles. The molecular weight excluding hydrogens is 206 g/mol. The minimum atomic E-state index is -0.274. The fraction of sp³-hybridized carbons (Fsp3) is 0.818. The fourth-order valence-corrected chi connectivity index (χ4v) is 2.59. The highest BCUT2D eigenvalue weighted by molar-refractivity contribution is 4.82. The average Bonchev–Trinajstić information content (AvgIpc) is 2.92. The minimum absolute atomic E-state index is 0.125. The van der Waals surface area contributed by atoms with E-state index in [1.807, 2.05) is 0 Å².